The van der Waals surface area contributed by atoms with Crippen LogP contribution in [-0.4, -0.2) is 60.4 Å². The first-order chi connectivity index (χ1) is 8.75. The monoisotopic (exact) mass is 251 g/mol. The molecule has 0 aromatic rings. The van der Waals surface area contributed by atoms with Crippen LogP contribution in [0.1, 0.15) is 25.7 Å². The van der Waals surface area contributed by atoms with Crippen LogP contribution in [-0.2, 0) is 9.59 Å². The van der Waals surface area contributed by atoms with Gasteiger partial charge in [-0.3, -0.25) is 9.59 Å². The first kappa shape index (κ1) is 12.0. The zero-order chi connectivity index (χ0) is 12.5. The van der Waals surface area contributed by atoms with Gasteiger partial charge in [0.1, 0.15) is 0 Å². The topological polar surface area (TPSA) is 52.7 Å². The maximum Gasteiger partial charge on any atom is 0.225 e. The average Bonchev–Trinajstić information content (AvgIpc) is 2.80. The molecule has 18 heavy (non-hydrogen) atoms. The first-order valence-electron chi connectivity index (χ1n) is 7.04. The maximum atomic E-state index is 12.4. The second kappa shape index (κ2) is 4.88. The Morgan fingerprint density at radius 3 is 2.72 bits per heavy atom. The first-order valence-corrected chi connectivity index (χ1v) is 7.04. The van der Waals surface area contributed by atoms with Crippen molar-refractivity contribution in [2.75, 3.05) is 32.7 Å². The molecule has 3 rings (SSSR count). The SMILES string of the molecule is O=C(C1CCNCC1)N1CCN2C(=O)CCC2C1. The highest BCUT2D eigenvalue weighted by Gasteiger charge is 2.38. The van der Waals surface area contributed by atoms with Crippen LogP contribution in [0.3, 0.4) is 0 Å². The highest BCUT2D eigenvalue weighted by Crippen LogP contribution is 2.25. The summed E-state index contributed by atoms with van der Waals surface area (Å²) < 4.78 is 0. The molecule has 1 atom stereocenters. The molecular weight excluding hydrogens is 230 g/mol. The Labute approximate surface area is 107 Å². The van der Waals surface area contributed by atoms with Gasteiger partial charge in [-0.25, -0.2) is 0 Å². The van der Waals surface area contributed by atoms with E-state index in [0.29, 0.717) is 12.3 Å². The van der Waals surface area contributed by atoms with E-state index in [1.807, 2.05) is 9.80 Å². The van der Waals surface area contributed by atoms with Gasteiger partial charge in [0.25, 0.3) is 0 Å². The Morgan fingerprint density at radius 2 is 1.94 bits per heavy atom. The van der Waals surface area contributed by atoms with Gasteiger partial charge in [0.05, 0.1) is 0 Å². The van der Waals surface area contributed by atoms with Crippen LogP contribution in [0, 0.1) is 5.92 Å². The normalized spacial score (nSPS) is 29.6. The predicted molar refractivity (Wildman–Crippen MR) is 66.9 cm³/mol. The van der Waals surface area contributed by atoms with Gasteiger partial charge in [-0.2, -0.15) is 0 Å². The highest BCUT2D eigenvalue weighted by molar-refractivity contribution is 5.81. The van der Waals surface area contributed by atoms with Crippen molar-refractivity contribution < 1.29 is 9.59 Å². The van der Waals surface area contributed by atoms with Crippen LogP contribution in [0.5, 0.6) is 0 Å². The number of hydrogen-bond acceptors (Lipinski definition) is 3. The predicted octanol–water partition coefficient (Wildman–Crippen LogP) is -0.181. The van der Waals surface area contributed by atoms with E-state index in [0.717, 1.165) is 52.0 Å². The van der Waals surface area contributed by atoms with Gasteiger partial charge in [0.2, 0.25) is 11.8 Å². The molecule has 3 saturated heterocycles. The lowest BCUT2D eigenvalue weighted by molar-refractivity contribution is -0.142. The molecule has 100 valence electrons. The van der Waals surface area contributed by atoms with E-state index in [9.17, 15) is 9.59 Å². The number of amides is 2. The number of fused-ring (bicyclic) bond motifs is 1. The minimum atomic E-state index is 0.204. The summed E-state index contributed by atoms with van der Waals surface area (Å²) in [4.78, 5) is 28.0. The Hall–Kier alpha value is -1.10. The van der Waals surface area contributed by atoms with Crippen molar-refractivity contribution in [2.45, 2.75) is 31.7 Å². The van der Waals surface area contributed by atoms with E-state index in [2.05, 4.69) is 5.32 Å². The third-order valence-electron chi connectivity index (χ3n) is 4.49. The second-order valence-electron chi connectivity index (χ2n) is 5.59. The average molecular weight is 251 g/mol. The van der Waals surface area contributed by atoms with E-state index in [1.165, 1.54) is 0 Å². The lowest BCUT2D eigenvalue weighted by Gasteiger charge is -2.39. The van der Waals surface area contributed by atoms with Crippen molar-refractivity contribution in [2.24, 2.45) is 5.92 Å². The Balaban J connectivity index is 1.60. The van der Waals surface area contributed by atoms with Gasteiger partial charge in [0, 0.05) is 38.0 Å². The number of nitrogens with zero attached hydrogens (tertiary/aromatic N) is 2. The van der Waals surface area contributed by atoms with Gasteiger partial charge >= 0.3 is 0 Å². The van der Waals surface area contributed by atoms with E-state index >= 15 is 0 Å². The maximum absolute atomic E-state index is 12.4. The number of rotatable bonds is 1. The zero-order valence-electron chi connectivity index (χ0n) is 10.7. The molecule has 1 N–H and O–H groups in total. The van der Waals surface area contributed by atoms with Crippen LogP contribution in [0.4, 0.5) is 0 Å². The highest BCUT2D eigenvalue weighted by atomic mass is 16.2. The molecule has 2 amide bonds. The Morgan fingerprint density at radius 1 is 1.17 bits per heavy atom. The molecular formula is C13H21N3O2. The number of piperidine rings is 1. The molecule has 5 nitrogen and oxygen atoms in total. The quantitative estimate of drug-likeness (QED) is 0.703. The molecule has 5 heteroatoms. The molecule has 3 aliphatic rings. The molecule has 0 radical (unpaired) electrons. The second-order valence-corrected chi connectivity index (χ2v) is 5.59. The molecule has 0 spiro atoms. The van der Waals surface area contributed by atoms with Crippen molar-refractivity contribution in [3.8, 4) is 0 Å². The van der Waals surface area contributed by atoms with E-state index in [-0.39, 0.29) is 17.9 Å². The number of carbonyl (C=O) groups excluding carboxylic acids is 2. The lowest BCUT2D eigenvalue weighted by Crippen LogP contribution is -2.55. The van der Waals surface area contributed by atoms with Crippen molar-refractivity contribution in [3.05, 3.63) is 0 Å². The molecule has 3 fully saturated rings. The van der Waals surface area contributed by atoms with E-state index < -0.39 is 0 Å². The van der Waals surface area contributed by atoms with Crippen molar-refractivity contribution in [1.29, 1.82) is 0 Å². The molecule has 3 aliphatic heterocycles. The fourth-order valence-electron chi connectivity index (χ4n) is 3.39. The third-order valence-corrected chi connectivity index (χ3v) is 4.49. The van der Waals surface area contributed by atoms with Crippen LogP contribution in [0.15, 0.2) is 0 Å². The number of hydrogen-bond donors (Lipinski definition) is 1. The largest absolute Gasteiger partial charge is 0.339 e. The van der Waals surface area contributed by atoms with Gasteiger partial charge in [-0.15, -0.1) is 0 Å². The molecule has 1 unspecified atom stereocenters. The minimum Gasteiger partial charge on any atom is -0.339 e. The zero-order valence-corrected chi connectivity index (χ0v) is 10.7. The summed E-state index contributed by atoms with van der Waals surface area (Å²) in [7, 11) is 0. The molecule has 3 heterocycles. The number of carbonyl (C=O) groups is 2. The molecule has 0 aromatic heterocycles. The number of piperazine rings is 1. The summed E-state index contributed by atoms with van der Waals surface area (Å²) in [6.07, 6.45) is 3.51. The standard InChI is InChI=1S/C13H21N3O2/c17-12-2-1-11-9-15(7-8-16(11)12)13(18)10-3-5-14-6-4-10/h10-11,14H,1-9H2. The third kappa shape index (κ3) is 2.11. The molecule has 0 bridgehead atoms. The van der Waals surface area contributed by atoms with Crippen molar-refractivity contribution >= 4 is 11.8 Å². The summed E-state index contributed by atoms with van der Waals surface area (Å²) in [5.41, 5.74) is 0. The Bertz CT molecular complexity index is 352. The van der Waals surface area contributed by atoms with Gasteiger partial charge in [-0.1, -0.05) is 0 Å². The number of nitrogens with one attached hydrogen (secondary N) is 1. The molecule has 0 aliphatic carbocycles. The molecule has 0 aromatic carbocycles. The van der Waals surface area contributed by atoms with Gasteiger partial charge in [-0.05, 0) is 32.4 Å². The van der Waals surface area contributed by atoms with Crippen molar-refractivity contribution in [1.82, 2.24) is 15.1 Å². The van der Waals surface area contributed by atoms with Crippen LogP contribution in [0.2, 0.25) is 0 Å². The summed E-state index contributed by atoms with van der Waals surface area (Å²) in [5.74, 6) is 0.791. The van der Waals surface area contributed by atoms with E-state index in [4.69, 9.17) is 0 Å². The summed E-state index contributed by atoms with van der Waals surface area (Å²) in [6.45, 7) is 4.14. The van der Waals surface area contributed by atoms with E-state index in [1.54, 1.807) is 0 Å². The molecule has 0 saturated carbocycles. The minimum absolute atomic E-state index is 0.204. The lowest BCUT2D eigenvalue weighted by atomic mass is 9.96. The fraction of sp³-hybridized carbons (Fsp3) is 0.846. The van der Waals surface area contributed by atoms with Gasteiger partial charge < -0.3 is 15.1 Å². The van der Waals surface area contributed by atoms with Crippen molar-refractivity contribution in [3.63, 3.8) is 0 Å². The van der Waals surface area contributed by atoms with Crippen LogP contribution in [0.25, 0.3) is 0 Å². The summed E-state index contributed by atoms with van der Waals surface area (Å²) in [5, 5.41) is 3.29. The Kier molecular flexibility index (Phi) is 3.24. The van der Waals surface area contributed by atoms with Gasteiger partial charge in [0.15, 0.2) is 0 Å². The smallest absolute Gasteiger partial charge is 0.225 e. The van der Waals surface area contributed by atoms with Crippen LogP contribution >= 0.6 is 0 Å². The fourth-order valence-corrected chi connectivity index (χ4v) is 3.39. The summed E-state index contributed by atoms with van der Waals surface area (Å²) in [6, 6.07) is 0.289. The van der Waals surface area contributed by atoms with Crippen LogP contribution < -0.4 is 5.32 Å². The summed E-state index contributed by atoms with van der Waals surface area (Å²) >= 11 is 0.